The van der Waals surface area contributed by atoms with Crippen molar-refractivity contribution in [2.24, 2.45) is 0 Å². The van der Waals surface area contributed by atoms with Crippen molar-refractivity contribution < 1.29 is 8.96 Å². The first-order chi connectivity index (χ1) is 11.6. The summed E-state index contributed by atoms with van der Waals surface area (Å²) in [7, 11) is -3.08. The molecule has 0 saturated heterocycles. The van der Waals surface area contributed by atoms with Crippen molar-refractivity contribution in [1.82, 2.24) is 5.09 Å². The zero-order valence-corrected chi connectivity index (χ0v) is 14.3. The molecule has 122 valence electrons. The molecule has 1 atom stereocenters. The summed E-state index contributed by atoms with van der Waals surface area (Å²) in [5.74, 6) is -0.301. The maximum Gasteiger partial charge on any atom is 0.205 e. The van der Waals surface area contributed by atoms with Gasteiger partial charge in [-0.3, -0.25) is 9.65 Å². The molecule has 0 radical (unpaired) electrons. The normalized spacial score (nSPS) is 12.8. The summed E-state index contributed by atoms with van der Waals surface area (Å²) < 4.78 is 28.0. The second-order valence-corrected chi connectivity index (χ2v) is 8.16. The molecule has 0 spiro atoms. The van der Waals surface area contributed by atoms with E-state index in [-0.39, 0.29) is 5.82 Å². The highest BCUT2D eigenvalue weighted by Crippen LogP contribution is 2.41. The van der Waals surface area contributed by atoms with E-state index in [0.29, 0.717) is 16.2 Å². The molecule has 4 heteroatoms. The minimum Gasteiger partial charge on any atom is -0.297 e. The molecule has 0 heterocycles. The van der Waals surface area contributed by atoms with Crippen LogP contribution in [0.2, 0.25) is 0 Å². The fraction of sp³-hybridized carbons (Fsp3) is 0.100. The van der Waals surface area contributed by atoms with Crippen LogP contribution < -0.4 is 15.7 Å². The summed E-state index contributed by atoms with van der Waals surface area (Å²) in [6, 6.07) is 24.8. The summed E-state index contributed by atoms with van der Waals surface area (Å²) in [5, 5.41) is 4.61. The predicted octanol–water partition coefficient (Wildman–Crippen LogP) is 4.41. The van der Waals surface area contributed by atoms with Crippen LogP contribution in [0.15, 0.2) is 84.9 Å². The highest BCUT2D eigenvalue weighted by Gasteiger charge is 2.29. The summed E-state index contributed by atoms with van der Waals surface area (Å²) in [4.78, 5) is 0. The van der Waals surface area contributed by atoms with Crippen LogP contribution in [-0.4, -0.2) is 0 Å². The minimum absolute atomic E-state index is 0.301. The maximum absolute atomic E-state index is 14.1. The number of nitrogens with one attached hydrogen (secondary N) is 1. The van der Waals surface area contributed by atoms with Crippen LogP contribution in [-0.2, 0) is 4.57 Å². The Morgan fingerprint density at radius 3 is 1.75 bits per heavy atom. The van der Waals surface area contributed by atoms with E-state index in [9.17, 15) is 8.96 Å². The van der Waals surface area contributed by atoms with Crippen molar-refractivity contribution >= 4 is 17.9 Å². The van der Waals surface area contributed by atoms with Crippen LogP contribution in [0.5, 0.6) is 0 Å². The number of rotatable bonds is 5. The van der Waals surface area contributed by atoms with Crippen molar-refractivity contribution in [3.8, 4) is 0 Å². The van der Waals surface area contributed by atoms with Crippen LogP contribution in [0, 0.1) is 5.82 Å². The molecular formula is C20H19FNOP. The number of hydrogen-bond donors (Lipinski definition) is 1. The first kappa shape index (κ1) is 16.6. The fourth-order valence-corrected chi connectivity index (χ4v) is 5.21. The second-order valence-electron chi connectivity index (χ2n) is 5.65. The molecular weight excluding hydrogens is 320 g/mol. The average Bonchev–Trinajstić information content (AvgIpc) is 2.63. The Morgan fingerprint density at radius 2 is 1.25 bits per heavy atom. The monoisotopic (exact) mass is 339 g/mol. The SMILES string of the molecule is C[C@@H](NP(=O)(c1ccccc1)c1ccccc1)c1ccccc1F. The first-order valence-corrected chi connectivity index (χ1v) is 9.55. The quantitative estimate of drug-likeness (QED) is 0.698. The Labute approximate surface area is 141 Å². The first-order valence-electron chi connectivity index (χ1n) is 7.85. The largest absolute Gasteiger partial charge is 0.297 e. The van der Waals surface area contributed by atoms with E-state index in [0.717, 1.165) is 0 Å². The van der Waals surface area contributed by atoms with E-state index in [1.54, 1.807) is 18.2 Å². The van der Waals surface area contributed by atoms with E-state index in [1.165, 1.54) is 6.07 Å². The van der Waals surface area contributed by atoms with Gasteiger partial charge in [-0.15, -0.1) is 0 Å². The van der Waals surface area contributed by atoms with Gasteiger partial charge in [-0.25, -0.2) is 4.39 Å². The third kappa shape index (κ3) is 3.33. The lowest BCUT2D eigenvalue weighted by molar-refractivity contribution is 0.554. The zero-order chi connectivity index (χ0) is 17.0. The average molecular weight is 339 g/mol. The Morgan fingerprint density at radius 1 is 0.792 bits per heavy atom. The Hall–Kier alpha value is -2.22. The van der Waals surface area contributed by atoms with Gasteiger partial charge in [-0.1, -0.05) is 54.6 Å². The van der Waals surface area contributed by atoms with E-state index >= 15 is 0 Å². The number of halogens is 1. The molecule has 0 fully saturated rings. The highest BCUT2D eigenvalue weighted by molar-refractivity contribution is 7.76. The molecule has 0 aliphatic rings. The van der Waals surface area contributed by atoms with Gasteiger partial charge >= 0.3 is 0 Å². The highest BCUT2D eigenvalue weighted by atomic mass is 31.2. The smallest absolute Gasteiger partial charge is 0.205 e. The van der Waals surface area contributed by atoms with Crippen molar-refractivity contribution in [3.05, 3.63) is 96.3 Å². The molecule has 0 unspecified atom stereocenters. The minimum atomic E-state index is -3.08. The van der Waals surface area contributed by atoms with Gasteiger partial charge in [-0.05, 0) is 37.3 Å². The topological polar surface area (TPSA) is 29.1 Å². The van der Waals surface area contributed by atoms with Crippen LogP contribution in [0.1, 0.15) is 18.5 Å². The summed E-state index contributed by atoms with van der Waals surface area (Å²) in [5.41, 5.74) is 0.504. The number of hydrogen-bond acceptors (Lipinski definition) is 1. The molecule has 3 rings (SSSR count). The molecule has 0 aliphatic heterocycles. The molecule has 24 heavy (non-hydrogen) atoms. The lowest BCUT2D eigenvalue weighted by Gasteiger charge is -2.25. The molecule has 0 aliphatic carbocycles. The van der Waals surface area contributed by atoms with Gasteiger partial charge in [0, 0.05) is 22.2 Å². The van der Waals surface area contributed by atoms with Crippen LogP contribution in [0.3, 0.4) is 0 Å². The van der Waals surface area contributed by atoms with Crippen molar-refractivity contribution in [3.63, 3.8) is 0 Å². The van der Waals surface area contributed by atoms with Gasteiger partial charge in [-0.2, -0.15) is 0 Å². The maximum atomic E-state index is 14.1. The van der Waals surface area contributed by atoms with Gasteiger partial charge in [0.05, 0.1) is 0 Å². The third-order valence-corrected chi connectivity index (χ3v) is 6.79. The van der Waals surface area contributed by atoms with Gasteiger partial charge in [0.2, 0.25) is 7.29 Å². The van der Waals surface area contributed by atoms with Gasteiger partial charge in [0.15, 0.2) is 0 Å². The lowest BCUT2D eigenvalue weighted by atomic mass is 10.1. The van der Waals surface area contributed by atoms with E-state index < -0.39 is 13.3 Å². The molecule has 1 N–H and O–H groups in total. The van der Waals surface area contributed by atoms with Gasteiger partial charge in [0.1, 0.15) is 5.82 Å². The van der Waals surface area contributed by atoms with Gasteiger partial charge < -0.3 is 0 Å². The van der Waals surface area contributed by atoms with E-state index in [1.807, 2.05) is 67.6 Å². The van der Waals surface area contributed by atoms with E-state index in [4.69, 9.17) is 0 Å². The predicted molar refractivity (Wildman–Crippen MR) is 97.7 cm³/mol. The van der Waals surface area contributed by atoms with Crippen LogP contribution in [0.4, 0.5) is 4.39 Å². The zero-order valence-electron chi connectivity index (χ0n) is 13.4. The van der Waals surface area contributed by atoms with Crippen molar-refractivity contribution in [2.75, 3.05) is 0 Å². The van der Waals surface area contributed by atoms with Crippen molar-refractivity contribution in [1.29, 1.82) is 0 Å². The second kappa shape index (κ2) is 7.12. The summed E-state index contributed by atoms with van der Waals surface area (Å²) in [6.45, 7) is 1.83. The van der Waals surface area contributed by atoms with Crippen LogP contribution in [0.25, 0.3) is 0 Å². The molecule has 2 nitrogen and oxygen atoms in total. The third-order valence-electron chi connectivity index (χ3n) is 3.99. The molecule has 3 aromatic rings. The summed E-state index contributed by atoms with van der Waals surface area (Å²) >= 11 is 0. The molecule has 0 saturated carbocycles. The molecule has 0 aromatic heterocycles. The Kier molecular flexibility index (Phi) is 4.94. The molecule has 0 bridgehead atoms. The van der Waals surface area contributed by atoms with Gasteiger partial charge in [0.25, 0.3) is 0 Å². The molecule has 3 aromatic carbocycles. The number of benzene rings is 3. The van der Waals surface area contributed by atoms with Crippen molar-refractivity contribution in [2.45, 2.75) is 13.0 Å². The van der Waals surface area contributed by atoms with E-state index in [2.05, 4.69) is 5.09 Å². The fourth-order valence-electron chi connectivity index (χ4n) is 2.74. The van der Waals surface area contributed by atoms with Crippen LogP contribution >= 0.6 is 7.29 Å². The lowest BCUT2D eigenvalue weighted by Crippen LogP contribution is -2.29. The summed E-state index contributed by atoms with van der Waals surface area (Å²) in [6.07, 6.45) is 0. The standard InChI is InChI=1S/C20H19FNOP/c1-16(19-14-8-9-15-20(19)21)22-24(23,17-10-4-2-5-11-17)18-12-6-3-7-13-18/h2-16H,1H3,(H,22,23)/t16-/m1/s1. The molecule has 0 amide bonds. The Balaban J connectivity index is 2.04. The Bertz CT molecular complexity index is 808.